The first-order valence-electron chi connectivity index (χ1n) is 10.0. The lowest BCUT2D eigenvalue weighted by molar-refractivity contribution is -0.596. The van der Waals surface area contributed by atoms with Gasteiger partial charge in [-0.3, -0.25) is 0 Å². The first-order valence-corrected chi connectivity index (χ1v) is 10.0. The molecule has 0 fully saturated rings. The maximum absolute atomic E-state index is 5.54. The predicted molar refractivity (Wildman–Crippen MR) is 123 cm³/mol. The number of hydrogen-bond donors (Lipinski definition) is 0. The van der Waals surface area contributed by atoms with E-state index in [-0.39, 0.29) is 5.48 Å². The number of aryl methyl sites for hydroxylation is 1. The quantitative estimate of drug-likeness (QED) is 0.439. The van der Waals surface area contributed by atoms with Crippen LogP contribution in [0.4, 0.5) is 0 Å². The molecular weight excluding hydrogens is 404 g/mol. The smallest absolute Gasteiger partial charge is 0.253 e. The summed E-state index contributed by atoms with van der Waals surface area (Å²) in [5, 5.41) is 0. The van der Waals surface area contributed by atoms with Gasteiger partial charge in [0.1, 0.15) is 5.75 Å². The van der Waals surface area contributed by atoms with Crippen molar-refractivity contribution in [3.8, 4) is 39.8 Å². The molecule has 6 nitrogen and oxygen atoms in total. The van der Waals surface area contributed by atoms with Crippen molar-refractivity contribution in [3.63, 3.8) is 0 Å². The highest BCUT2D eigenvalue weighted by molar-refractivity contribution is 5.61. The Morgan fingerprint density at radius 1 is 0.562 bits per heavy atom. The van der Waals surface area contributed by atoms with E-state index in [1.165, 1.54) is 5.56 Å². The van der Waals surface area contributed by atoms with Gasteiger partial charge in [-0.1, -0.05) is 6.07 Å². The highest BCUT2D eigenvalue weighted by Crippen LogP contribution is 2.25. The van der Waals surface area contributed by atoms with Crippen molar-refractivity contribution < 1.29 is 28.8 Å². The van der Waals surface area contributed by atoms with Crippen molar-refractivity contribution in [2.24, 2.45) is 0 Å². The third-order valence-electron chi connectivity index (χ3n) is 5.27. The minimum absolute atomic E-state index is 0. The lowest BCUT2D eigenvalue weighted by Crippen LogP contribution is -2.30. The second kappa shape index (κ2) is 9.94. The van der Waals surface area contributed by atoms with Crippen molar-refractivity contribution in [1.29, 1.82) is 0 Å². The zero-order valence-electron chi connectivity index (χ0n) is 18.7. The summed E-state index contributed by atoms with van der Waals surface area (Å²) in [7, 11) is 5.01. The van der Waals surface area contributed by atoms with Gasteiger partial charge in [0.05, 0.1) is 21.3 Å². The maximum Gasteiger partial charge on any atom is 0.253 e. The molecule has 2 N–H and O–H groups in total. The Kier molecular flexibility index (Phi) is 7.07. The largest absolute Gasteiger partial charge is 0.497 e. The van der Waals surface area contributed by atoms with Crippen molar-refractivity contribution in [2.45, 2.75) is 6.92 Å². The van der Waals surface area contributed by atoms with Gasteiger partial charge in [-0.25, -0.2) is 0 Å². The molecule has 32 heavy (non-hydrogen) atoms. The SMILES string of the molecule is COc1ccc(-[n+]2ccc(-c3cc[n+](-c4ccc(C)cc4OC)cc3)cc2)c(OC)c1.O. The Morgan fingerprint density at radius 2 is 1.03 bits per heavy atom. The Bertz CT molecular complexity index is 1190. The van der Waals surface area contributed by atoms with E-state index in [0.29, 0.717) is 0 Å². The standard InChI is InChI=1S/C26H26N2O3.H2O/c1-19-5-7-23(25(17-19)30-3)27-13-9-20(10-14-27)21-11-15-28(16-12-21)24-8-6-22(29-2)18-26(24)31-4;/h5-18H,1-4H3;1H2/q+2;. The number of benzene rings is 2. The zero-order chi connectivity index (χ0) is 21.8. The fourth-order valence-corrected chi connectivity index (χ4v) is 3.56. The predicted octanol–water partition coefficient (Wildman–Crippen LogP) is 3.42. The Balaban J connectivity index is 0.00000289. The summed E-state index contributed by atoms with van der Waals surface area (Å²) in [4.78, 5) is 0. The normalized spacial score (nSPS) is 10.2. The third-order valence-corrected chi connectivity index (χ3v) is 5.27. The van der Waals surface area contributed by atoms with E-state index in [9.17, 15) is 0 Å². The Morgan fingerprint density at radius 3 is 1.50 bits per heavy atom. The summed E-state index contributed by atoms with van der Waals surface area (Å²) in [5.41, 5.74) is 5.40. The van der Waals surface area contributed by atoms with Gasteiger partial charge in [-0.05, 0) is 35.7 Å². The Labute approximate surface area is 188 Å². The van der Waals surface area contributed by atoms with Crippen LogP contribution in [0.15, 0.2) is 85.5 Å². The highest BCUT2D eigenvalue weighted by atomic mass is 16.5. The first kappa shape index (κ1) is 22.8. The van der Waals surface area contributed by atoms with Gasteiger partial charge in [0.15, 0.2) is 36.3 Å². The van der Waals surface area contributed by atoms with Gasteiger partial charge in [-0.15, -0.1) is 0 Å². The van der Waals surface area contributed by atoms with Crippen LogP contribution >= 0.6 is 0 Å². The number of nitrogens with zero attached hydrogens (tertiary/aromatic N) is 2. The number of hydrogen-bond acceptors (Lipinski definition) is 3. The van der Waals surface area contributed by atoms with Crippen LogP contribution in [0, 0.1) is 6.92 Å². The molecule has 0 amide bonds. The van der Waals surface area contributed by atoms with Crippen LogP contribution in [-0.2, 0) is 0 Å². The molecule has 0 atom stereocenters. The van der Waals surface area contributed by atoms with Crippen molar-refractivity contribution in [2.75, 3.05) is 21.3 Å². The molecular formula is C26H28N2O4+2. The van der Waals surface area contributed by atoms with E-state index in [1.807, 2.05) is 41.2 Å². The fourth-order valence-electron chi connectivity index (χ4n) is 3.56. The molecule has 6 heteroatoms. The number of pyridine rings is 2. The van der Waals surface area contributed by atoms with Gasteiger partial charge in [0.2, 0.25) is 0 Å². The van der Waals surface area contributed by atoms with Gasteiger partial charge < -0.3 is 19.7 Å². The molecule has 0 bridgehead atoms. The van der Waals surface area contributed by atoms with Gasteiger partial charge in [0, 0.05) is 42.5 Å². The van der Waals surface area contributed by atoms with Crippen molar-refractivity contribution in [3.05, 3.63) is 91.0 Å². The molecule has 0 aliphatic heterocycles. The van der Waals surface area contributed by atoms with Crippen LogP contribution < -0.4 is 23.3 Å². The lowest BCUT2D eigenvalue weighted by Gasteiger charge is -2.07. The second-order valence-corrected chi connectivity index (χ2v) is 7.20. The summed E-state index contributed by atoms with van der Waals surface area (Å²) in [6.45, 7) is 2.06. The summed E-state index contributed by atoms with van der Waals surface area (Å²) < 4.78 is 20.4. The van der Waals surface area contributed by atoms with Crippen molar-refractivity contribution in [1.82, 2.24) is 0 Å². The molecule has 4 rings (SSSR count). The molecule has 0 spiro atoms. The number of ether oxygens (including phenoxy) is 3. The summed E-state index contributed by atoms with van der Waals surface area (Å²) in [5.74, 6) is 2.37. The minimum Gasteiger partial charge on any atom is -0.497 e. The average Bonchev–Trinajstić information content (AvgIpc) is 2.83. The fraction of sp³-hybridized carbons (Fsp3) is 0.154. The van der Waals surface area contributed by atoms with Crippen molar-refractivity contribution >= 4 is 0 Å². The maximum atomic E-state index is 5.54. The van der Waals surface area contributed by atoms with E-state index in [4.69, 9.17) is 14.2 Å². The molecule has 0 unspecified atom stereocenters. The highest BCUT2D eigenvalue weighted by Gasteiger charge is 2.16. The summed E-state index contributed by atoms with van der Waals surface area (Å²) >= 11 is 0. The van der Waals surface area contributed by atoms with Crippen LogP contribution in [0.1, 0.15) is 5.56 Å². The number of methoxy groups -OCH3 is 3. The van der Waals surface area contributed by atoms with Gasteiger partial charge >= 0.3 is 0 Å². The van der Waals surface area contributed by atoms with E-state index in [0.717, 1.165) is 39.8 Å². The molecule has 0 aliphatic carbocycles. The molecule has 0 saturated heterocycles. The molecule has 164 valence electrons. The number of aromatic nitrogens is 2. The monoisotopic (exact) mass is 432 g/mol. The molecule has 0 aliphatic rings. The summed E-state index contributed by atoms with van der Waals surface area (Å²) in [6, 6.07) is 20.4. The third kappa shape index (κ3) is 4.55. The average molecular weight is 433 g/mol. The van der Waals surface area contributed by atoms with Crippen LogP contribution in [0.25, 0.3) is 22.5 Å². The van der Waals surface area contributed by atoms with E-state index in [1.54, 1.807) is 21.3 Å². The minimum atomic E-state index is 0. The van der Waals surface area contributed by atoms with E-state index < -0.39 is 0 Å². The molecule has 0 radical (unpaired) electrons. The molecule has 4 aromatic rings. The molecule has 2 heterocycles. The molecule has 2 aromatic heterocycles. The van der Waals surface area contributed by atoms with Gasteiger partial charge in [-0.2, -0.15) is 9.13 Å². The van der Waals surface area contributed by atoms with E-state index >= 15 is 0 Å². The second-order valence-electron chi connectivity index (χ2n) is 7.20. The molecule has 0 saturated carbocycles. The van der Waals surface area contributed by atoms with Crippen LogP contribution in [0.3, 0.4) is 0 Å². The number of rotatable bonds is 6. The van der Waals surface area contributed by atoms with Crippen LogP contribution in [-0.4, -0.2) is 26.8 Å². The topological polar surface area (TPSA) is 67.0 Å². The van der Waals surface area contributed by atoms with Crippen LogP contribution in [0.5, 0.6) is 17.2 Å². The summed E-state index contributed by atoms with van der Waals surface area (Å²) in [6.07, 6.45) is 8.17. The Hall–Kier alpha value is -3.90. The lowest BCUT2D eigenvalue weighted by atomic mass is 10.1. The van der Waals surface area contributed by atoms with E-state index in [2.05, 4.69) is 60.3 Å². The van der Waals surface area contributed by atoms with Gasteiger partial charge in [0.25, 0.3) is 11.4 Å². The zero-order valence-corrected chi connectivity index (χ0v) is 18.7. The molecule has 2 aromatic carbocycles. The first-order chi connectivity index (χ1) is 15.1. The van der Waals surface area contributed by atoms with Crippen LogP contribution in [0.2, 0.25) is 0 Å².